The quantitative estimate of drug-likeness (QED) is 0.279. The molecule has 6 aromatic rings. The first-order valence-electron chi connectivity index (χ1n) is 9.97. The van der Waals surface area contributed by atoms with Crippen molar-refractivity contribution in [1.82, 2.24) is 4.98 Å². The first-order chi connectivity index (χ1) is 14.9. The van der Waals surface area contributed by atoms with Crippen molar-refractivity contribution in [2.45, 2.75) is 4.90 Å². The van der Waals surface area contributed by atoms with Crippen LogP contribution in [0.5, 0.6) is 0 Å². The average molecular weight is 401 g/mol. The van der Waals surface area contributed by atoms with E-state index in [1.54, 1.807) is 11.8 Å². The second-order valence-electron chi connectivity index (χ2n) is 7.61. The zero-order valence-electron chi connectivity index (χ0n) is 15.9. The molecule has 7 rings (SSSR count). The van der Waals surface area contributed by atoms with E-state index in [1.165, 1.54) is 26.6 Å². The van der Waals surface area contributed by atoms with Gasteiger partial charge in [-0.05, 0) is 46.0 Å². The molecule has 2 nitrogen and oxygen atoms in total. The molecular weight excluding hydrogens is 386 g/mol. The van der Waals surface area contributed by atoms with Gasteiger partial charge in [-0.1, -0.05) is 66.4 Å². The van der Waals surface area contributed by atoms with Gasteiger partial charge in [0.2, 0.25) is 0 Å². The minimum absolute atomic E-state index is 0.902. The SMILES string of the molecule is C1=Cc2cccc3cc4c(oc5c(-c6nccc7ccccc67)cccc54)c(c23)S1. The molecule has 0 N–H and O–H groups in total. The summed E-state index contributed by atoms with van der Waals surface area (Å²) in [7, 11) is 0. The zero-order chi connectivity index (χ0) is 19.7. The summed E-state index contributed by atoms with van der Waals surface area (Å²) in [6, 6.07) is 25.6. The van der Waals surface area contributed by atoms with Gasteiger partial charge >= 0.3 is 0 Å². The third-order valence-electron chi connectivity index (χ3n) is 5.98. The second-order valence-corrected chi connectivity index (χ2v) is 8.53. The molecule has 0 aliphatic carbocycles. The van der Waals surface area contributed by atoms with Gasteiger partial charge in [-0.15, -0.1) is 0 Å². The van der Waals surface area contributed by atoms with Crippen molar-refractivity contribution < 1.29 is 4.42 Å². The molecule has 4 aromatic carbocycles. The predicted octanol–water partition coefficient (Wildman–Crippen LogP) is 8.03. The number of furan rings is 1. The highest BCUT2D eigenvalue weighted by molar-refractivity contribution is 8.02. The Hall–Kier alpha value is -3.56. The van der Waals surface area contributed by atoms with E-state index < -0.39 is 0 Å². The van der Waals surface area contributed by atoms with Crippen molar-refractivity contribution in [1.29, 1.82) is 0 Å². The van der Waals surface area contributed by atoms with Crippen molar-refractivity contribution in [3.8, 4) is 11.3 Å². The Kier molecular flexibility index (Phi) is 3.24. The van der Waals surface area contributed by atoms with Crippen LogP contribution < -0.4 is 0 Å². The van der Waals surface area contributed by atoms with Crippen LogP contribution in [-0.2, 0) is 0 Å². The lowest BCUT2D eigenvalue weighted by molar-refractivity contribution is 0.662. The van der Waals surface area contributed by atoms with Crippen LogP contribution in [0.1, 0.15) is 5.56 Å². The largest absolute Gasteiger partial charge is 0.454 e. The number of fused-ring (bicyclic) bond motifs is 5. The number of benzene rings is 4. The summed E-state index contributed by atoms with van der Waals surface area (Å²) in [5.74, 6) is 0. The van der Waals surface area contributed by atoms with Gasteiger partial charge in [-0.2, -0.15) is 0 Å². The van der Waals surface area contributed by atoms with Crippen LogP contribution in [-0.4, -0.2) is 4.98 Å². The summed E-state index contributed by atoms with van der Waals surface area (Å²) in [5.41, 5.74) is 5.11. The monoisotopic (exact) mass is 401 g/mol. The highest BCUT2D eigenvalue weighted by atomic mass is 32.2. The van der Waals surface area contributed by atoms with Crippen LogP contribution in [0.3, 0.4) is 0 Å². The Labute approximate surface area is 176 Å². The van der Waals surface area contributed by atoms with E-state index in [4.69, 9.17) is 9.40 Å². The molecule has 0 unspecified atom stereocenters. The zero-order valence-corrected chi connectivity index (χ0v) is 16.7. The van der Waals surface area contributed by atoms with Gasteiger partial charge in [0, 0.05) is 33.3 Å². The fourth-order valence-corrected chi connectivity index (χ4v) is 5.60. The Morgan fingerprint density at radius 2 is 1.60 bits per heavy atom. The Bertz CT molecular complexity index is 1670. The van der Waals surface area contributed by atoms with Gasteiger partial charge in [0.1, 0.15) is 11.2 Å². The van der Waals surface area contributed by atoms with E-state index in [0.29, 0.717) is 0 Å². The maximum Gasteiger partial charge on any atom is 0.150 e. The van der Waals surface area contributed by atoms with Crippen LogP contribution in [0.25, 0.3) is 60.8 Å². The molecule has 0 atom stereocenters. The summed E-state index contributed by atoms with van der Waals surface area (Å²) < 4.78 is 6.61. The Morgan fingerprint density at radius 3 is 2.60 bits per heavy atom. The molecule has 0 saturated carbocycles. The van der Waals surface area contributed by atoms with Gasteiger partial charge in [-0.3, -0.25) is 4.98 Å². The number of pyridine rings is 1. The number of para-hydroxylation sites is 1. The highest BCUT2D eigenvalue weighted by Gasteiger charge is 2.20. The lowest BCUT2D eigenvalue weighted by Gasteiger charge is -2.12. The molecule has 0 fully saturated rings. The van der Waals surface area contributed by atoms with E-state index in [-0.39, 0.29) is 0 Å². The lowest BCUT2D eigenvalue weighted by Crippen LogP contribution is -1.86. The first-order valence-corrected chi connectivity index (χ1v) is 10.8. The molecule has 3 heteroatoms. The summed E-state index contributed by atoms with van der Waals surface area (Å²) >= 11 is 1.74. The molecule has 0 spiro atoms. The van der Waals surface area contributed by atoms with Crippen molar-refractivity contribution in [3.63, 3.8) is 0 Å². The Morgan fingerprint density at radius 1 is 0.733 bits per heavy atom. The van der Waals surface area contributed by atoms with Gasteiger partial charge < -0.3 is 4.42 Å². The number of thioether (sulfide) groups is 1. The second kappa shape index (κ2) is 5.97. The lowest BCUT2D eigenvalue weighted by atomic mass is 9.99. The van der Waals surface area contributed by atoms with Crippen molar-refractivity contribution in [3.05, 3.63) is 90.0 Å². The summed E-state index contributed by atoms with van der Waals surface area (Å²) in [4.78, 5) is 5.95. The van der Waals surface area contributed by atoms with Gasteiger partial charge in [0.25, 0.3) is 0 Å². The maximum absolute atomic E-state index is 6.61. The fraction of sp³-hybridized carbons (Fsp3) is 0. The van der Waals surface area contributed by atoms with Crippen LogP contribution >= 0.6 is 11.8 Å². The Balaban J connectivity index is 1.63. The van der Waals surface area contributed by atoms with Crippen molar-refractivity contribution in [2.75, 3.05) is 0 Å². The minimum atomic E-state index is 0.902. The van der Waals surface area contributed by atoms with E-state index in [9.17, 15) is 0 Å². The highest BCUT2D eigenvalue weighted by Crippen LogP contribution is 2.46. The van der Waals surface area contributed by atoms with Crippen LogP contribution in [0.15, 0.2) is 93.7 Å². The van der Waals surface area contributed by atoms with Crippen molar-refractivity contribution >= 4 is 61.3 Å². The van der Waals surface area contributed by atoms with Crippen molar-refractivity contribution in [2.24, 2.45) is 0 Å². The number of rotatable bonds is 1. The summed E-state index contributed by atoms with van der Waals surface area (Å²) in [6.07, 6.45) is 4.06. The molecule has 30 heavy (non-hydrogen) atoms. The maximum atomic E-state index is 6.61. The molecule has 0 amide bonds. The minimum Gasteiger partial charge on any atom is -0.454 e. The molecule has 0 saturated heterocycles. The molecule has 1 aliphatic rings. The van der Waals surface area contributed by atoms with Gasteiger partial charge in [-0.25, -0.2) is 0 Å². The molecule has 0 bridgehead atoms. The molecule has 140 valence electrons. The first kappa shape index (κ1) is 16.3. The molecule has 3 heterocycles. The standard InChI is InChI=1S/C27H15NOS/c1-2-8-19-16(5-1)11-13-28-24(19)21-10-4-9-20-22-15-18-7-3-6-17-12-14-30-27(23(17)18)26(22)29-25(20)21/h1-15H. The van der Waals surface area contributed by atoms with E-state index >= 15 is 0 Å². The van der Waals surface area contributed by atoms with Crippen LogP contribution in [0, 0.1) is 0 Å². The smallest absolute Gasteiger partial charge is 0.150 e. The topological polar surface area (TPSA) is 26.0 Å². The third kappa shape index (κ3) is 2.13. The average Bonchev–Trinajstić information content (AvgIpc) is 3.18. The number of nitrogens with zero attached hydrogens (tertiary/aromatic N) is 1. The predicted molar refractivity (Wildman–Crippen MR) is 127 cm³/mol. The summed E-state index contributed by atoms with van der Waals surface area (Å²) in [6.45, 7) is 0. The van der Waals surface area contributed by atoms with E-state index in [0.717, 1.165) is 38.6 Å². The van der Waals surface area contributed by atoms with Gasteiger partial charge in [0.15, 0.2) is 0 Å². The normalized spacial score (nSPS) is 13.1. The fourth-order valence-electron chi connectivity index (χ4n) is 4.64. The van der Waals surface area contributed by atoms with E-state index in [1.807, 2.05) is 6.20 Å². The summed E-state index contributed by atoms with van der Waals surface area (Å²) in [5, 5.41) is 9.30. The molecule has 2 aromatic heterocycles. The molecular formula is C27H15NOS. The number of hydrogen-bond donors (Lipinski definition) is 0. The number of hydrogen-bond acceptors (Lipinski definition) is 3. The van der Waals surface area contributed by atoms with Gasteiger partial charge in [0.05, 0.1) is 10.6 Å². The molecule has 0 radical (unpaired) electrons. The van der Waals surface area contributed by atoms with Crippen LogP contribution in [0.2, 0.25) is 0 Å². The third-order valence-corrected chi connectivity index (χ3v) is 6.88. The van der Waals surface area contributed by atoms with E-state index in [2.05, 4.69) is 84.3 Å². The number of aromatic nitrogens is 1. The van der Waals surface area contributed by atoms with Crippen LogP contribution in [0.4, 0.5) is 0 Å². The molecule has 1 aliphatic heterocycles.